The van der Waals surface area contributed by atoms with Gasteiger partial charge < -0.3 is 14.5 Å². The van der Waals surface area contributed by atoms with Crippen LogP contribution >= 0.6 is 11.3 Å². The van der Waals surface area contributed by atoms with Gasteiger partial charge in [-0.3, -0.25) is 14.7 Å². The van der Waals surface area contributed by atoms with Crippen LogP contribution in [0.4, 0.5) is 0 Å². The lowest BCUT2D eigenvalue weighted by Gasteiger charge is -2.23. The van der Waals surface area contributed by atoms with Gasteiger partial charge in [0.15, 0.2) is 5.69 Å². The third-order valence-electron chi connectivity index (χ3n) is 5.18. The molecular weight excluding hydrogens is 364 g/mol. The van der Waals surface area contributed by atoms with Crippen LogP contribution in [0.1, 0.15) is 28.2 Å². The highest BCUT2D eigenvalue weighted by atomic mass is 32.1. The van der Waals surface area contributed by atoms with Gasteiger partial charge in [-0.05, 0) is 38.0 Å². The van der Waals surface area contributed by atoms with Gasteiger partial charge in [0.2, 0.25) is 5.91 Å². The number of hydrogen-bond donors (Lipinski definition) is 1. The molecule has 8 heteroatoms. The average Bonchev–Trinajstić information content (AvgIpc) is 3.40. The Labute approximate surface area is 162 Å². The Morgan fingerprint density at radius 2 is 2.04 bits per heavy atom. The molecule has 1 unspecified atom stereocenters. The molecule has 1 N–H and O–H groups in total. The Kier molecular flexibility index (Phi) is 5.27. The maximum Gasteiger partial charge on any atom is 0.274 e. The minimum Gasteiger partial charge on any atom is -0.381 e. The van der Waals surface area contributed by atoms with E-state index in [4.69, 9.17) is 4.74 Å². The molecule has 2 aliphatic rings. The number of thiophene rings is 1. The van der Waals surface area contributed by atoms with Gasteiger partial charge in [-0.15, -0.1) is 11.3 Å². The van der Waals surface area contributed by atoms with Crippen LogP contribution in [-0.2, 0) is 9.53 Å². The van der Waals surface area contributed by atoms with Gasteiger partial charge in [-0.2, -0.15) is 5.10 Å². The van der Waals surface area contributed by atoms with Crippen LogP contribution in [0.15, 0.2) is 18.2 Å². The smallest absolute Gasteiger partial charge is 0.274 e. The lowest BCUT2D eigenvalue weighted by Crippen LogP contribution is -2.40. The Bertz CT molecular complexity index is 825. The Morgan fingerprint density at radius 3 is 2.78 bits per heavy atom. The van der Waals surface area contributed by atoms with Gasteiger partial charge in [0.25, 0.3) is 5.91 Å². The van der Waals surface area contributed by atoms with Crippen molar-refractivity contribution >= 4 is 23.2 Å². The van der Waals surface area contributed by atoms with E-state index in [9.17, 15) is 9.59 Å². The van der Waals surface area contributed by atoms with Crippen LogP contribution in [0.5, 0.6) is 0 Å². The molecule has 2 fully saturated rings. The SMILES string of the molecule is Cc1ccc(-c2cc(C(=O)N3CCCN(C(=O)C4CCOC4)CC3)n[nH]2)s1. The van der Waals surface area contributed by atoms with Crippen molar-refractivity contribution in [1.82, 2.24) is 20.0 Å². The van der Waals surface area contributed by atoms with Crippen molar-refractivity contribution in [3.8, 4) is 10.6 Å². The van der Waals surface area contributed by atoms with Gasteiger partial charge >= 0.3 is 0 Å². The van der Waals surface area contributed by atoms with E-state index >= 15 is 0 Å². The van der Waals surface area contributed by atoms with E-state index in [0.717, 1.165) is 23.4 Å². The van der Waals surface area contributed by atoms with E-state index < -0.39 is 0 Å². The highest BCUT2D eigenvalue weighted by Crippen LogP contribution is 2.26. The monoisotopic (exact) mass is 388 g/mol. The van der Waals surface area contributed by atoms with Crippen LogP contribution in [0.2, 0.25) is 0 Å². The fourth-order valence-electron chi connectivity index (χ4n) is 3.63. The van der Waals surface area contributed by atoms with E-state index in [1.54, 1.807) is 16.2 Å². The van der Waals surface area contributed by atoms with Crippen LogP contribution in [0.3, 0.4) is 0 Å². The summed E-state index contributed by atoms with van der Waals surface area (Å²) < 4.78 is 5.33. The second-order valence-electron chi connectivity index (χ2n) is 7.11. The van der Waals surface area contributed by atoms with Crippen LogP contribution in [0, 0.1) is 12.8 Å². The molecule has 1 atom stereocenters. The third-order valence-corrected chi connectivity index (χ3v) is 6.21. The molecule has 144 valence electrons. The molecule has 0 bridgehead atoms. The van der Waals surface area contributed by atoms with E-state index in [-0.39, 0.29) is 17.7 Å². The molecule has 2 amide bonds. The summed E-state index contributed by atoms with van der Waals surface area (Å²) in [6.07, 6.45) is 1.59. The first kappa shape index (κ1) is 18.2. The summed E-state index contributed by atoms with van der Waals surface area (Å²) in [4.78, 5) is 31.4. The summed E-state index contributed by atoms with van der Waals surface area (Å²) >= 11 is 1.67. The summed E-state index contributed by atoms with van der Waals surface area (Å²) in [6.45, 7) is 5.69. The van der Waals surface area contributed by atoms with Gasteiger partial charge in [0.1, 0.15) is 0 Å². The molecule has 4 rings (SSSR count). The molecular formula is C19H24N4O3S. The predicted octanol–water partition coefficient (Wildman–Crippen LogP) is 2.16. The molecule has 4 heterocycles. The number of rotatable bonds is 3. The van der Waals surface area contributed by atoms with Crippen molar-refractivity contribution in [2.45, 2.75) is 19.8 Å². The van der Waals surface area contributed by atoms with Crippen molar-refractivity contribution in [2.24, 2.45) is 5.92 Å². The quantitative estimate of drug-likeness (QED) is 0.874. The van der Waals surface area contributed by atoms with Crippen LogP contribution in [0.25, 0.3) is 10.6 Å². The molecule has 0 aromatic carbocycles. The number of carbonyl (C=O) groups is 2. The summed E-state index contributed by atoms with van der Waals surface area (Å²) in [5.41, 5.74) is 1.30. The summed E-state index contributed by atoms with van der Waals surface area (Å²) in [5, 5.41) is 7.19. The fraction of sp³-hybridized carbons (Fsp3) is 0.526. The standard InChI is InChI=1S/C19H24N4O3S/c1-13-3-4-17(27-13)15-11-16(21-20-15)19(25)23-7-2-6-22(8-9-23)18(24)14-5-10-26-12-14/h3-4,11,14H,2,5-10,12H2,1H3,(H,20,21). The van der Waals surface area contributed by atoms with Gasteiger partial charge in [0.05, 0.1) is 23.1 Å². The van der Waals surface area contributed by atoms with Crippen molar-refractivity contribution in [3.05, 3.63) is 28.8 Å². The number of ether oxygens (including phenoxy) is 1. The highest BCUT2D eigenvalue weighted by molar-refractivity contribution is 7.15. The van der Waals surface area contributed by atoms with Crippen LogP contribution < -0.4 is 0 Å². The Morgan fingerprint density at radius 1 is 1.22 bits per heavy atom. The Hall–Kier alpha value is -2.19. The van der Waals surface area contributed by atoms with Gasteiger partial charge in [-0.25, -0.2) is 0 Å². The molecule has 0 radical (unpaired) electrons. The molecule has 0 spiro atoms. The molecule has 27 heavy (non-hydrogen) atoms. The molecule has 2 aromatic heterocycles. The maximum atomic E-state index is 12.9. The van der Waals surface area contributed by atoms with Crippen molar-refractivity contribution in [1.29, 1.82) is 0 Å². The zero-order chi connectivity index (χ0) is 18.8. The first-order valence-corrected chi connectivity index (χ1v) is 10.2. The van der Waals surface area contributed by atoms with Crippen molar-refractivity contribution < 1.29 is 14.3 Å². The predicted molar refractivity (Wildman–Crippen MR) is 103 cm³/mol. The molecule has 2 aromatic rings. The number of carbonyl (C=O) groups excluding carboxylic acids is 2. The normalized spacial score (nSPS) is 20.7. The molecule has 0 saturated carbocycles. The number of H-pyrrole nitrogens is 1. The molecule has 7 nitrogen and oxygen atoms in total. The zero-order valence-corrected chi connectivity index (χ0v) is 16.3. The highest BCUT2D eigenvalue weighted by Gasteiger charge is 2.30. The zero-order valence-electron chi connectivity index (χ0n) is 15.4. The Balaban J connectivity index is 1.39. The molecule has 0 aliphatic carbocycles. The van der Waals surface area contributed by atoms with Gasteiger partial charge in [-0.1, -0.05) is 0 Å². The first-order chi connectivity index (χ1) is 13.1. The lowest BCUT2D eigenvalue weighted by atomic mass is 10.1. The topological polar surface area (TPSA) is 78.5 Å². The van der Waals surface area contributed by atoms with E-state index in [1.165, 1.54) is 4.88 Å². The second-order valence-corrected chi connectivity index (χ2v) is 8.40. The van der Waals surface area contributed by atoms with E-state index in [1.807, 2.05) is 17.0 Å². The van der Waals surface area contributed by atoms with Crippen LogP contribution in [-0.4, -0.2) is 71.2 Å². The molecule has 2 saturated heterocycles. The van der Waals surface area contributed by atoms with Crippen molar-refractivity contribution in [3.63, 3.8) is 0 Å². The number of hydrogen-bond acceptors (Lipinski definition) is 5. The number of nitrogens with one attached hydrogen (secondary N) is 1. The summed E-state index contributed by atoms with van der Waals surface area (Å²) in [7, 11) is 0. The lowest BCUT2D eigenvalue weighted by molar-refractivity contribution is -0.135. The number of nitrogens with zero attached hydrogens (tertiary/aromatic N) is 3. The largest absolute Gasteiger partial charge is 0.381 e. The van der Waals surface area contributed by atoms with E-state index in [0.29, 0.717) is 45.1 Å². The average molecular weight is 388 g/mol. The number of amides is 2. The fourth-order valence-corrected chi connectivity index (χ4v) is 4.46. The minimum absolute atomic E-state index is 0.0181. The number of aromatic nitrogens is 2. The summed E-state index contributed by atoms with van der Waals surface area (Å²) in [5.74, 6) is 0.0663. The maximum absolute atomic E-state index is 12.9. The van der Waals surface area contributed by atoms with E-state index in [2.05, 4.69) is 23.2 Å². The van der Waals surface area contributed by atoms with Gasteiger partial charge in [0, 0.05) is 37.7 Å². The third kappa shape index (κ3) is 3.91. The number of aryl methyl sites for hydroxylation is 1. The first-order valence-electron chi connectivity index (χ1n) is 9.40. The summed E-state index contributed by atoms with van der Waals surface area (Å²) in [6, 6.07) is 5.90. The second kappa shape index (κ2) is 7.82. The minimum atomic E-state index is -0.0794. The molecule has 2 aliphatic heterocycles. The van der Waals surface area contributed by atoms with Crippen molar-refractivity contribution in [2.75, 3.05) is 39.4 Å². The number of aromatic amines is 1.